The van der Waals surface area contributed by atoms with Crippen LogP contribution in [0.5, 0.6) is 0 Å². The van der Waals surface area contributed by atoms with Gasteiger partial charge in [0.1, 0.15) is 6.54 Å². The summed E-state index contributed by atoms with van der Waals surface area (Å²) in [5, 5.41) is 0. The molecule has 4 rings (SSSR count). The minimum Gasteiger partial charge on any atom is -0.381 e. The highest BCUT2D eigenvalue weighted by Gasteiger charge is 2.53. The van der Waals surface area contributed by atoms with Crippen molar-refractivity contribution >= 4 is 17.8 Å². The van der Waals surface area contributed by atoms with Crippen LogP contribution in [0.1, 0.15) is 19.3 Å². The van der Waals surface area contributed by atoms with E-state index in [4.69, 9.17) is 10.5 Å². The number of likely N-dealkylation sites (tertiary alicyclic amines) is 1. The predicted molar refractivity (Wildman–Crippen MR) is 83.8 cm³/mol. The second-order valence-corrected chi connectivity index (χ2v) is 7.45. The molecule has 1 aliphatic carbocycles. The number of hydrogen-bond acceptors (Lipinski definition) is 4. The molecule has 0 aromatic rings. The fraction of sp³-hybridized carbons (Fsp3) is 0.812. The summed E-state index contributed by atoms with van der Waals surface area (Å²) >= 11 is 0. The molecule has 132 valence electrons. The van der Waals surface area contributed by atoms with Crippen LogP contribution in [0.25, 0.3) is 0 Å². The molecule has 2 N–H and O–H groups in total. The van der Waals surface area contributed by atoms with Gasteiger partial charge in [0.2, 0.25) is 11.8 Å². The van der Waals surface area contributed by atoms with Gasteiger partial charge >= 0.3 is 6.03 Å². The Labute approximate surface area is 140 Å². The number of hydrogen-bond donors (Lipinski definition) is 1. The zero-order valence-electron chi connectivity index (χ0n) is 13.8. The normalized spacial score (nSPS) is 33.1. The smallest absolute Gasteiger partial charge is 0.320 e. The first-order valence-electron chi connectivity index (χ1n) is 8.72. The molecule has 0 aromatic carbocycles. The van der Waals surface area contributed by atoms with Crippen molar-refractivity contribution < 1.29 is 19.1 Å². The van der Waals surface area contributed by atoms with Crippen LogP contribution in [-0.2, 0) is 14.3 Å². The lowest BCUT2D eigenvalue weighted by molar-refractivity contribution is -0.136. The van der Waals surface area contributed by atoms with E-state index in [0.717, 1.165) is 12.8 Å². The fourth-order valence-corrected chi connectivity index (χ4v) is 4.28. The Morgan fingerprint density at radius 1 is 1.29 bits per heavy atom. The molecule has 1 saturated carbocycles. The van der Waals surface area contributed by atoms with Crippen LogP contribution in [0.4, 0.5) is 4.79 Å². The largest absolute Gasteiger partial charge is 0.381 e. The topological polar surface area (TPSA) is 96.2 Å². The van der Waals surface area contributed by atoms with Crippen molar-refractivity contribution in [3.8, 4) is 0 Å². The number of fused-ring (bicyclic) bond motifs is 1. The van der Waals surface area contributed by atoms with E-state index in [1.807, 2.05) is 4.90 Å². The van der Waals surface area contributed by atoms with Crippen LogP contribution in [-0.4, -0.2) is 84.5 Å². The monoisotopic (exact) mass is 336 g/mol. The quantitative estimate of drug-likeness (QED) is 0.730. The summed E-state index contributed by atoms with van der Waals surface area (Å²) in [6.07, 6.45) is 2.71. The van der Waals surface area contributed by atoms with Crippen molar-refractivity contribution in [1.29, 1.82) is 0 Å². The molecule has 8 heteroatoms. The second-order valence-electron chi connectivity index (χ2n) is 7.45. The van der Waals surface area contributed by atoms with Crippen LogP contribution in [0.3, 0.4) is 0 Å². The van der Waals surface area contributed by atoms with Gasteiger partial charge in [-0.1, -0.05) is 0 Å². The van der Waals surface area contributed by atoms with E-state index in [0.29, 0.717) is 51.9 Å². The molecule has 2 atom stereocenters. The molecule has 4 fully saturated rings. The van der Waals surface area contributed by atoms with Crippen molar-refractivity contribution in [2.24, 2.45) is 17.1 Å². The van der Waals surface area contributed by atoms with E-state index in [9.17, 15) is 14.4 Å². The Kier molecular flexibility index (Phi) is 3.67. The maximum absolute atomic E-state index is 12.7. The summed E-state index contributed by atoms with van der Waals surface area (Å²) in [7, 11) is 0. The lowest BCUT2D eigenvalue weighted by Crippen LogP contribution is -2.49. The predicted octanol–water partition coefficient (Wildman–Crippen LogP) is -0.763. The van der Waals surface area contributed by atoms with Gasteiger partial charge in [0.25, 0.3) is 0 Å². The van der Waals surface area contributed by atoms with Crippen LogP contribution >= 0.6 is 0 Å². The number of nitrogens with two attached hydrogens (primary N) is 1. The lowest BCUT2D eigenvalue weighted by atomic mass is 9.74. The summed E-state index contributed by atoms with van der Waals surface area (Å²) in [6, 6.07) is 0.345. The number of carbonyl (C=O) groups is 3. The molecule has 3 saturated heterocycles. The molecule has 4 amide bonds. The molecule has 24 heavy (non-hydrogen) atoms. The van der Waals surface area contributed by atoms with Crippen LogP contribution in [0.15, 0.2) is 0 Å². The Balaban J connectivity index is 1.40. The summed E-state index contributed by atoms with van der Waals surface area (Å²) in [5.74, 6) is -0.482. The third kappa shape index (κ3) is 2.44. The van der Waals surface area contributed by atoms with Gasteiger partial charge in [-0.25, -0.2) is 4.79 Å². The molecular weight excluding hydrogens is 312 g/mol. The summed E-state index contributed by atoms with van der Waals surface area (Å²) in [6.45, 7) is 3.19. The molecular formula is C16H24N4O4. The third-order valence-electron chi connectivity index (χ3n) is 5.99. The van der Waals surface area contributed by atoms with Gasteiger partial charge < -0.3 is 25.2 Å². The number of rotatable bonds is 4. The minimum atomic E-state index is -0.664. The number of ether oxygens (including phenoxy) is 1. The van der Waals surface area contributed by atoms with Gasteiger partial charge in [0.15, 0.2) is 0 Å². The zero-order valence-corrected chi connectivity index (χ0v) is 13.8. The highest BCUT2D eigenvalue weighted by atomic mass is 16.5. The minimum absolute atomic E-state index is 0.0320. The SMILES string of the molecule is NC(=O)[C@]12CCOC[C@H]1CN(C(=O)CN1CCN(C3CC3)C1=O)C2. The van der Waals surface area contributed by atoms with Crippen LogP contribution < -0.4 is 5.73 Å². The van der Waals surface area contributed by atoms with E-state index in [1.54, 1.807) is 9.80 Å². The van der Waals surface area contributed by atoms with E-state index < -0.39 is 5.41 Å². The van der Waals surface area contributed by atoms with Crippen molar-refractivity contribution in [3.63, 3.8) is 0 Å². The molecule has 0 spiro atoms. The van der Waals surface area contributed by atoms with E-state index in [1.165, 1.54) is 0 Å². The molecule has 8 nitrogen and oxygen atoms in total. The first-order valence-corrected chi connectivity index (χ1v) is 8.72. The van der Waals surface area contributed by atoms with Crippen molar-refractivity contribution in [3.05, 3.63) is 0 Å². The molecule has 0 aromatic heterocycles. The van der Waals surface area contributed by atoms with Gasteiger partial charge in [-0.2, -0.15) is 0 Å². The Hall–Kier alpha value is -1.83. The van der Waals surface area contributed by atoms with Gasteiger partial charge in [-0.15, -0.1) is 0 Å². The summed E-state index contributed by atoms with van der Waals surface area (Å²) in [5.41, 5.74) is 4.98. The van der Waals surface area contributed by atoms with Crippen LogP contribution in [0, 0.1) is 11.3 Å². The molecule has 4 aliphatic rings. The average molecular weight is 336 g/mol. The molecule has 0 bridgehead atoms. The Bertz CT molecular complexity index is 578. The zero-order chi connectivity index (χ0) is 16.9. The van der Waals surface area contributed by atoms with Crippen molar-refractivity contribution in [1.82, 2.24) is 14.7 Å². The van der Waals surface area contributed by atoms with Gasteiger partial charge in [-0.05, 0) is 19.3 Å². The van der Waals surface area contributed by atoms with E-state index in [2.05, 4.69) is 0 Å². The maximum Gasteiger partial charge on any atom is 0.320 e. The van der Waals surface area contributed by atoms with E-state index >= 15 is 0 Å². The number of nitrogens with zero attached hydrogens (tertiary/aromatic N) is 3. The van der Waals surface area contributed by atoms with Gasteiger partial charge in [-0.3, -0.25) is 9.59 Å². The first-order chi connectivity index (χ1) is 11.5. The molecule has 0 radical (unpaired) electrons. The number of primary amides is 1. The van der Waals surface area contributed by atoms with Crippen LogP contribution in [0.2, 0.25) is 0 Å². The molecule has 3 heterocycles. The van der Waals surface area contributed by atoms with Crippen molar-refractivity contribution in [2.75, 3.05) is 45.9 Å². The first kappa shape index (κ1) is 15.7. The maximum atomic E-state index is 12.7. The van der Waals surface area contributed by atoms with Gasteiger partial charge in [0, 0.05) is 44.7 Å². The molecule has 3 aliphatic heterocycles. The number of amides is 4. The standard InChI is InChI=1S/C16H24N4O4/c17-14(22)16-3-6-24-9-11(16)7-19(10-16)13(21)8-18-4-5-20(15(18)23)12-1-2-12/h11-12H,1-10H2,(H2,17,22)/t11-,16+/m1/s1. The highest BCUT2D eigenvalue weighted by molar-refractivity contribution is 5.88. The fourth-order valence-electron chi connectivity index (χ4n) is 4.28. The number of urea groups is 1. The summed E-state index contributed by atoms with van der Waals surface area (Å²) < 4.78 is 5.47. The molecule has 0 unspecified atom stereocenters. The average Bonchev–Trinajstić information content (AvgIpc) is 3.21. The Morgan fingerprint density at radius 3 is 2.75 bits per heavy atom. The third-order valence-corrected chi connectivity index (χ3v) is 5.99. The second kappa shape index (κ2) is 5.61. The Morgan fingerprint density at radius 2 is 2.08 bits per heavy atom. The van der Waals surface area contributed by atoms with Crippen molar-refractivity contribution in [2.45, 2.75) is 25.3 Å². The van der Waals surface area contributed by atoms with E-state index in [-0.39, 0.29) is 30.3 Å². The lowest BCUT2D eigenvalue weighted by Gasteiger charge is -2.35. The van der Waals surface area contributed by atoms with Gasteiger partial charge in [0.05, 0.1) is 12.0 Å². The number of carbonyl (C=O) groups excluding carboxylic acids is 3. The summed E-state index contributed by atoms with van der Waals surface area (Å²) in [4.78, 5) is 42.2. The highest BCUT2D eigenvalue weighted by Crippen LogP contribution is 2.42.